The van der Waals surface area contributed by atoms with Crippen molar-refractivity contribution in [2.75, 3.05) is 0 Å². The highest BCUT2D eigenvalue weighted by Gasteiger charge is 1.99. The van der Waals surface area contributed by atoms with Crippen LogP contribution in [0.5, 0.6) is 0 Å². The van der Waals surface area contributed by atoms with E-state index in [1.54, 1.807) is 0 Å². The van der Waals surface area contributed by atoms with E-state index in [0.29, 0.717) is 0 Å². The molecule has 0 spiro atoms. The Kier molecular flexibility index (Phi) is 4.59. The summed E-state index contributed by atoms with van der Waals surface area (Å²) in [5.41, 5.74) is 3.01. The largest absolute Gasteiger partial charge is 0.0654 e. The van der Waals surface area contributed by atoms with Crippen molar-refractivity contribution in [3.8, 4) is 0 Å². The lowest BCUT2D eigenvalue weighted by Gasteiger charge is -2.07. The van der Waals surface area contributed by atoms with E-state index < -0.39 is 0 Å². The van der Waals surface area contributed by atoms with E-state index in [1.165, 1.54) is 30.4 Å². The van der Waals surface area contributed by atoms with Crippen molar-refractivity contribution in [2.45, 2.75) is 39.0 Å². The molecule has 1 rings (SSSR count). The molecule has 0 fully saturated rings. The minimum atomic E-state index is 1.00. The molecule has 0 atom stereocenters. The normalized spacial score (nSPS) is 10.3. The summed E-state index contributed by atoms with van der Waals surface area (Å²) >= 11 is 0. The molecule has 0 aliphatic rings. The summed E-state index contributed by atoms with van der Waals surface area (Å²) in [4.78, 5) is 0. The molecular weight excluding hydrogens is 156 g/mol. The third-order valence-electron chi connectivity index (χ3n) is 2.36. The molecule has 0 heteroatoms. The SMILES string of the molecule is [CH2]CCc1ccccc1CCCC. The van der Waals surface area contributed by atoms with Crippen LogP contribution in [0.25, 0.3) is 0 Å². The maximum atomic E-state index is 3.90. The van der Waals surface area contributed by atoms with Crippen LogP contribution < -0.4 is 0 Å². The van der Waals surface area contributed by atoms with Crippen molar-refractivity contribution in [3.63, 3.8) is 0 Å². The highest BCUT2D eigenvalue weighted by atomic mass is 14.0. The van der Waals surface area contributed by atoms with Crippen molar-refractivity contribution in [2.24, 2.45) is 0 Å². The highest BCUT2D eigenvalue weighted by Crippen LogP contribution is 2.13. The molecule has 1 aromatic rings. The first-order chi connectivity index (χ1) is 6.38. The van der Waals surface area contributed by atoms with Gasteiger partial charge in [0, 0.05) is 0 Å². The van der Waals surface area contributed by atoms with E-state index in [0.717, 1.165) is 12.8 Å². The van der Waals surface area contributed by atoms with Crippen LogP contribution in [0.3, 0.4) is 0 Å². The lowest BCUT2D eigenvalue weighted by atomic mass is 9.99. The summed E-state index contributed by atoms with van der Waals surface area (Å²) in [5.74, 6) is 0. The first-order valence-corrected chi connectivity index (χ1v) is 5.24. The van der Waals surface area contributed by atoms with Gasteiger partial charge in [-0.25, -0.2) is 0 Å². The van der Waals surface area contributed by atoms with Crippen LogP contribution in [-0.4, -0.2) is 0 Å². The molecule has 0 saturated carbocycles. The van der Waals surface area contributed by atoms with E-state index >= 15 is 0 Å². The van der Waals surface area contributed by atoms with Crippen LogP contribution in [-0.2, 0) is 12.8 Å². The predicted octanol–water partition coefficient (Wildman–Crippen LogP) is 3.80. The Morgan fingerprint density at radius 3 is 2.23 bits per heavy atom. The van der Waals surface area contributed by atoms with Crippen molar-refractivity contribution in [3.05, 3.63) is 42.3 Å². The Hall–Kier alpha value is -0.780. The fraction of sp³-hybridized carbons (Fsp3) is 0.462. The van der Waals surface area contributed by atoms with E-state index in [2.05, 4.69) is 38.1 Å². The maximum absolute atomic E-state index is 3.90. The van der Waals surface area contributed by atoms with Crippen LogP contribution in [0.1, 0.15) is 37.3 Å². The number of hydrogen-bond donors (Lipinski definition) is 0. The summed E-state index contributed by atoms with van der Waals surface area (Å²) in [6.45, 7) is 6.14. The Morgan fingerprint density at radius 2 is 1.69 bits per heavy atom. The summed E-state index contributed by atoms with van der Waals surface area (Å²) in [6.07, 6.45) is 5.93. The molecule has 0 bridgehead atoms. The molecule has 0 aliphatic heterocycles. The average molecular weight is 175 g/mol. The van der Waals surface area contributed by atoms with Crippen LogP contribution in [0, 0.1) is 6.92 Å². The Labute approximate surface area is 82.0 Å². The Morgan fingerprint density at radius 1 is 1.08 bits per heavy atom. The van der Waals surface area contributed by atoms with E-state index in [1.807, 2.05) is 0 Å². The quantitative estimate of drug-likeness (QED) is 0.638. The number of rotatable bonds is 5. The smallest absolute Gasteiger partial charge is 0.0276 e. The third-order valence-corrected chi connectivity index (χ3v) is 2.36. The fourth-order valence-corrected chi connectivity index (χ4v) is 1.60. The topological polar surface area (TPSA) is 0 Å². The maximum Gasteiger partial charge on any atom is -0.0276 e. The second-order valence-electron chi connectivity index (χ2n) is 3.48. The van der Waals surface area contributed by atoms with Gasteiger partial charge in [-0.3, -0.25) is 0 Å². The lowest BCUT2D eigenvalue weighted by molar-refractivity contribution is 0.784. The minimum absolute atomic E-state index is 1.00. The number of aryl methyl sites for hydroxylation is 2. The van der Waals surface area contributed by atoms with Crippen LogP contribution in [0.15, 0.2) is 24.3 Å². The molecular formula is C13H19. The standard InChI is InChI=1S/C13H19/c1-3-5-9-13-11-7-6-10-12(13)8-4-2/h6-7,10-11H,2-5,8-9H2,1H3. The molecule has 0 amide bonds. The molecule has 71 valence electrons. The predicted molar refractivity (Wildman–Crippen MR) is 58.7 cm³/mol. The van der Waals surface area contributed by atoms with Gasteiger partial charge in [0.1, 0.15) is 0 Å². The summed E-state index contributed by atoms with van der Waals surface area (Å²) in [6, 6.07) is 8.74. The molecule has 0 aromatic heterocycles. The first-order valence-electron chi connectivity index (χ1n) is 5.24. The van der Waals surface area contributed by atoms with Crippen molar-refractivity contribution in [1.82, 2.24) is 0 Å². The van der Waals surface area contributed by atoms with Gasteiger partial charge in [0.2, 0.25) is 0 Å². The van der Waals surface area contributed by atoms with Gasteiger partial charge in [0.15, 0.2) is 0 Å². The number of unbranched alkanes of at least 4 members (excludes halogenated alkanes) is 1. The van der Waals surface area contributed by atoms with Gasteiger partial charge in [0.05, 0.1) is 0 Å². The zero-order valence-electron chi connectivity index (χ0n) is 8.55. The third kappa shape index (κ3) is 3.22. The van der Waals surface area contributed by atoms with E-state index in [9.17, 15) is 0 Å². The molecule has 0 saturated heterocycles. The highest BCUT2D eigenvalue weighted by molar-refractivity contribution is 5.27. The second-order valence-corrected chi connectivity index (χ2v) is 3.48. The van der Waals surface area contributed by atoms with Gasteiger partial charge in [-0.2, -0.15) is 0 Å². The molecule has 1 radical (unpaired) electrons. The molecule has 0 nitrogen and oxygen atoms in total. The molecule has 0 unspecified atom stereocenters. The summed E-state index contributed by atoms with van der Waals surface area (Å²) in [5, 5.41) is 0. The van der Waals surface area contributed by atoms with Gasteiger partial charge < -0.3 is 0 Å². The van der Waals surface area contributed by atoms with Gasteiger partial charge >= 0.3 is 0 Å². The lowest BCUT2D eigenvalue weighted by Crippen LogP contribution is -1.93. The summed E-state index contributed by atoms with van der Waals surface area (Å²) < 4.78 is 0. The van der Waals surface area contributed by atoms with E-state index in [-0.39, 0.29) is 0 Å². The average Bonchev–Trinajstić information content (AvgIpc) is 2.17. The van der Waals surface area contributed by atoms with Crippen molar-refractivity contribution >= 4 is 0 Å². The molecule has 13 heavy (non-hydrogen) atoms. The van der Waals surface area contributed by atoms with Gasteiger partial charge in [0.25, 0.3) is 0 Å². The second kappa shape index (κ2) is 5.80. The Balaban J connectivity index is 2.66. The van der Waals surface area contributed by atoms with Crippen LogP contribution in [0.4, 0.5) is 0 Å². The molecule has 1 aromatic carbocycles. The minimum Gasteiger partial charge on any atom is -0.0654 e. The zero-order chi connectivity index (χ0) is 9.52. The van der Waals surface area contributed by atoms with Crippen LogP contribution in [0.2, 0.25) is 0 Å². The number of hydrogen-bond acceptors (Lipinski definition) is 0. The monoisotopic (exact) mass is 175 g/mol. The Bertz CT molecular complexity index is 238. The fourth-order valence-electron chi connectivity index (χ4n) is 1.60. The number of benzene rings is 1. The molecule has 0 aliphatic carbocycles. The van der Waals surface area contributed by atoms with E-state index in [4.69, 9.17) is 0 Å². The molecule has 0 heterocycles. The molecule has 0 N–H and O–H groups in total. The first kappa shape index (κ1) is 10.3. The zero-order valence-corrected chi connectivity index (χ0v) is 8.55. The van der Waals surface area contributed by atoms with Gasteiger partial charge in [-0.1, -0.05) is 44.5 Å². The van der Waals surface area contributed by atoms with Gasteiger partial charge in [-0.05, 0) is 36.8 Å². The summed E-state index contributed by atoms with van der Waals surface area (Å²) in [7, 11) is 0. The van der Waals surface area contributed by atoms with Crippen molar-refractivity contribution in [1.29, 1.82) is 0 Å². The van der Waals surface area contributed by atoms with Gasteiger partial charge in [-0.15, -0.1) is 0 Å². The van der Waals surface area contributed by atoms with Crippen molar-refractivity contribution < 1.29 is 0 Å². The van der Waals surface area contributed by atoms with Crippen LogP contribution >= 0.6 is 0 Å².